The SMILES string of the molecule is CCOC(=O)N(CCC#N)c1ccccc1. The van der Waals surface area contributed by atoms with Crippen molar-refractivity contribution in [3.63, 3.8) is 0 Å². The van der Waals surface area contributed by atoms with E-state index in [9.17, 15) is 4.79 Å². The topological polar surface area (TPSA) is 53.3 Å². The second kappa shape index (κ2) is 6.46. The lowest BCUT2D eigenvalue weighted by Gasteiger charge is -2.20. The molecule has 0 atom stereocenters. The highest BCUT2D eigenvalue weighted by Crippen LogP contribution is 2.14. The van der Waals surface area contributed by atoms with Crippen LogP contribution in [0.2, 0.25) is 0 Å². The molecule has 0 aliphatic carbocycles. The van der Waals surface area contributed by atoms with E-state index in [1.54, 1.807) is 6.92 Å². The number of amides is 1. The molecule has 0 fully saturated rings. The van der Waals surface area contributed by atoms with Crippen molar-refractivity contribution in [3.05, 3.63) is 30.3 Å². The molecule has 1 aromatic rings. The maximum absolute atomic E-state index is 11.6. The van der Waals surface area contributed by atoms with Crippen LogP contribution in [0.25, 0.3) is 0 Å². The van der Waals surface area contributed by atoms with E-state index in [1.165, 1.54) is 4.90 Å². The summed E-state index contributed by atoms with van der Waals surface area (Å²) in [5.74, 6) is 0. The van der Waals surface area contributed by atoms with Gasteiger partial charge in [0.05, 0.1) is 19.1 Å². The van der Waals surface area contributed by atoms with E-state index in [0.29, 0.717) is 13.2 Å². The number of benzene rings is 1. The summed E-state index contributed by atoms with van der Waals surface area (Å²) < 4.78 is 4.93. The number of hydrogen-bond acceptors (Lipinski definition) is 3. The van der Waals surface area contributed by atoms with E-state index in [4.69, 9.17) is 10.00 Å². The van der Waals surface area contributed by atoms with Crippen LogP contribution in [0, 0.1) is 11.3 Å². The van der Waals surface area contributed by atoms with Crippen LogP contribution in [0.4, 0.5) is 10.5 Å². The molecule has 0 spiro atoms. The van der Waals surface area contributed by atoms with Crippen LogP contribution in [0.1, 0.15) is 13.3 Å². The van der Waals surface area contributed by atoms with Gasteiger partial charge in [0, 0.05) is 12.2 Å². The van der Waals surface area contributed by atoms with Crippen molar-refractivity contribution in [3.8, 4) is 6.07 Å². The molecule has 0 bridgehead atoms. The Bertz CT molecular complexity index is 370. The van der Waals surface area contributed by atoms with E-state index in [2.05, 4.69) is 0 Å². The van der Waals surface area contributed by atoms with Crippen molar-refractivity contribution in [1.29, 1.82) is 5.26 Å². The van der Waals surface area contributed by atoms with Crippen LogP contribution in [0.5, 0.6) is 0 Å². The Morgan fingerprint density at radius 2 is 2.12 bits per heavy atom. The fourth-order valence-electron chi connectivity index (χ4n) is 1.30. The molecule has 0 N–H and O–H groups in total. The highest BCUT2D eigenvalue weighted by atomic mass is 16.6. The van der Waals surface area contributed by atoms with Gasteiger partial charge in [-0.25, -0.2) is 4.79 Å². The van der Waals surface area contributed by atoms with Crippen molar-refractivity contribution < 1.29 is 9.53 Å². The van der Waals surface area contributed by atoms with Crippen LogP contribution in [0.15, 0.2) is 30.3 Å². The van der Waals surface area contributed by atoms with E-state index in [1.807, 2.05) is 36.4 Å². The summed E-state index contributed by atoms with van der Waals surface area (Å²) >= 11 is 0. The summed E-state index contributed by atoms with van der Waals surface area (Å²) in [4.78, 5) is 13.1. The maximum atomic E-state index is 11.6. The van der Waals surface area contributed by atoms with E-state index in [0.717, 1.165) is 5.69 Å². The van der Waals surface area contributed by atoms with Gasteiger partial charge in [-0.1, -0.05) is 18.2 Å². The van der Waals surface area contributed by atoms with Gasteiger partial charge in [0.25, 0.3) is 0 Å². The average Bonchev–Trinajstić information content (AvgIpc) is 2.31. The Kier molecular flexibility index (Phi) is 4.87. The first-order valence-electron chi connectivity index (χ1n) is 5.16. The largest absolute Gasteiger partial charge is 0.449 e. The number of anilines is 1. The Labute approximate surface area is 95.0 Å². The van der Waals surface area contributed by atoms with Gasteiger partial charge in [0.15, 0.2) is 0 Å². The van der Waals surface area contributed by atoms with Gasteiger partial charge < -0.3 is 4.74 Å². The molecular formula is C12H14N2O2. The number of ether oxygens (including phenoxy) is 1. The maximum Gasteiger partial charge on any atom is 0.414 e. The summed E-state index contributed by atoms with van der Waals surface area (Å²) in [7, 11) is 0. The number of rotatable bonds is 4. The van der Waals surface area contributed by atoms with Crippen LogP contribution in [-0.2, 0) is 4.74 Å². The van der Waals surface area contributed by atoms with Crippen LogP contribution < -0.4 is 4.90 Å². The van der Waals surface area contributed by atoms with Gasteiger partial charge in [-0.15, -0.1) is 0 Å². The first-order chi connectivity index (χ1) is 7.79. The second-order valence-electron chi connectivity index (χ2n) is 3.09. The molecule has 0 radical (unpaired) electrons. The number of nitriles is 1. The van der Waals surface area contributed by atoms with Gasteiger partial charge in [0.2, 0.25) is 0 Å². The number of hydrogen-bond donors (Lipinski definition) is 0. The highest BCUT2D eigenvalue weighted by molar-refractivity contribution is 5.87. The molecule has 1 rings (SSSR count). The highest BCUT2D eigenvalue weighted by Gasteiger charge is 2.15. The van der Waals surface area contributed by atoms with Crippen LogP contribution in [0.3, 0.4) is 0 Å². The predicted molar refractivity (Wildman–Crippen MR) is 61.0 cm³/mol. The zero-order valence-corrected chi connectivity index (χ0v) is 9.22. The van der Waals surface area contributed by atoms with Crippen LogP contribution in [-0.4, -0.2) is 19.2 Å². The zero-order valence-electron chi connectivity index (χ0n) is 9.22. The van der Waals surface area contributed by atoms with Gasteiger partial charge in [0.1, 0.15) is 0 Å². The van der Waals surface area contributed by atoms with Crippen molar-refractivity contribution in [2.24, 2.45) is 0 Å². The smallest absolute Gasteiger partial charge is 0.414 e. The molecule has 1 amide bonds. The molecule has 0 aliphatic rings. The summed E-state index contributed by atoms with van der Waals surface area (Å²) in [5, 5.41) is 8.54. The van der Waals surface area contributed by atoms with Crippen LogP contribution >= 0.6 is 0 Å². The molecule has 4 heteroatoms. The fraction of sp³-hybridized carbons (Fsp3) is 0.333. The summed E-state index contributed by atoms with van der Waals surface area (Å²) in [5.41, 5.74) is 0.746. The Balaban J connectivity index is 2.79. The molecule has 0 heterocycles. The van der Waals surface area contributed by atoms with Gasteiger partial charge in [-0.05, 0) is 19.1 Å². The Hall–Kier alpha value is -2.02. The number of nitrogens with zero attached hydrogens (tertiary/aromatic N) is 2. The van der Waals surface area contributed by atoms with E-state index >= 15 is 0 Å². The Morgan fingerprint density at radius 1 is 1.44 bits per heavy atom. The minimum Gasteiger partial charge on any atom is -0.449 e. The molecule has 0 aromatic heterocycles. The lowest BCUT2D eigenvalue weighted by atomic mass is 10.3. The lowest BCUT2D eigenvalue weighted by Crippen LogP contribution is -2.32. The van der Waals surface area contributed by atoms with Crippen molar-refractivity contribution in [2.75, 3.05) is 18.1 Å². The third kappa shape index (κ3) is 3.28. The monoisotopic (exact) mass is 218 g/mol. The quantitative estimate of drug-likeness (QED) is 0.780. The number of para-hydroxylation sites is 1. The lowest BCUT2D eigenvalue weighted by molar-refractivity contribution is 0.160. The van der Waals surface area contributed by atoms with E-state index in [-0.39, 0.29) is 6.42 Å². The number of carbonyl (C=O) groups is 1. The first-order valence-corrected chi connectivity index (χ1v) is 5.16. The van der Waals surface area contributed by atoms with E-state index < -0.39 is 6.09 Å². The molecule has 84 valence electrons. The molecule has 0 saturated carbocycles. The molecule has 0 unspecified atom stereocenters. The number of carbonyl (C=O) groups excluding carboxylic acids is 1. The molecule has 16 heavy (non-hydrogen) atoms. The predicted octanol–water partition coefficient (Wildman–Crippen LogP) is 2.56. The molecular weight excluding hydrogens is 204 g/mol. The normalized spacial score (nSPS) is 9.25. The average molecular weight is 218 g/mol. The summed E-state index contributed by atoms with van der Waals surface area (Å²) in [6.45, 7) is 2.43. The minimum absolute atomic E-state index is 0.285. The summed E-state index contributed by atoms with van der Waals surface area (Å²) in [6, 6.07) is 11.2. The molecule has 0 aliphatic heterocycles. The third-order valence-electron chi connectivity index (χ3n) is 2.00. The summed E-state index contributed by atoms with van der Waals surface area (Å²) in [6.07, 6.45) is -0.128. The first kappa shape index (κ1) is 12.1. The standard InChI is InChI=1S/C12H14N2O2/c1-2-16-12(15)14(10-6-9-13)11-7-4-3-5-8-11/h3-5,7-8H,2,6,10H2,1H3. The minimum atomic E-state index is -0.413. The Morgan fingerprint density at radius 3 is 2.69 bits per heavy atom. The third-order valence-corrected chi connectivity index (χ3v) is 2.00. The fourth-order valence-corrected chi connectivity index (χ4v) is 1.30. The van der Waals surface area contributed by atoms with Crippen molar-refractivity contribution >= 4 is 11.8 Å². The second-order valence-corrected chi connectivity index (χ2v) is 3.09. The van der Waals surface area contributed by atoms with Crippen molar-refractivity contribution in [2.45, 2.75) is 13.3 Å². The molecule has 0 saturated heterocycles. The van der Waals surface area contributed by atoms with Gasteiger partial charge in [-0.3, -0.25) is 4.90 Å². The van der Waals surface area contributed by atoms with Gasteiger partial charge >= 0.3 is 6.09 Å². The molecule has 4 nitrogen and oxygen atoms in total. The zero-order chi connectivity index (χ0) is 11.8. The molecule has 1 aromatic carbocycles. The van der Waals surface area contributed by atoms with Gasteiger partial charge in [-0.2, -0.15) is 5.26 Å². The van der Waals surface area contributed by atoms with Crippen molar-refractivity contribution in [1.82, 2.24) is 0 Å².